The summed E-state index contributed by atoms with van der Waals surface area (Å²) in [5, 5.41) is 10.4. The number of fused-ring (bicyclic) bond motifs is 1. The van der Waals surface area contributed by atoms with Crippen molar-refractivity contribution in [3.05, 3.63) is 33.9 Å². The first-order valence-electron chi connectivity index (χ1n) is 12.7. The number of hydrogen-bond donors (Lipinski definition) is 1. The first kappa shape index (κ1) is 25.8. The highest BCUT2D eigenvalue weighted by Gasteiger charge is 2.34. The summed E-state index contributed by atoms with van der Waals surface area (Å²) in [6, 6.07) is 0. The van der Waals surface area contributed by atoms with Gasteiger partial charge in [-0.1, -0.05) is 51.2 Å². The van der Waals surface area contributed by atoms with Gasteiger partial charge in [0.2, 0.25) is 0 Å². The van der Waals surface area contributed by atoms with Crippen LogP contribution < -0.4 is 4.74 Å². The molecule has 0 unspecified atom stereocenters. The molecule has 2 nitrogen and oxygen atoms in total. The molecule has 1 aliphatic rings. The molecule has 0 fully saturated rings. The van der Waals surface area contributed by atoms with E-state index >= 15 is 0 Å². The molecule has 0 aromatic heterocycles. The third-order valence-electron chi connectivity index (χ3n) is 7.60. The normalized spacial score (nSPS) is 20.0. The Bertz CT molecular complexity index is 757. The lowest BCUT2D eigenvalue weighted by atomic mass is 9.84. The van der Waals surface area contributed by atoms with Crippen molar-refractivity contribution < 1.29 is 9.84 Å². The minimum Gasteiger partial charge on any atom is -0.507 e. The van der Waals surface area contributed by atoms with Crippen LogP contribution in [0.15, 0.2) is 11.6 Å². The molecule has 0 amide bonds. The molecule has 0 radical (unpaired) electrons. The third kappa shape index (κ3) is 7.29. The summed E-state index contributed by atoms with van der Waals surface area (Å²) in [6.45, 7) is 17.6. The van der Waals surface area contributed by atoms with Gasteiger partial charge in [0, 0.05) is 5.56 Å². The number of phenolic OH excluding ortho intramolecular Hbond substituents is 1. The van der Waals surface area contributed by atoms with Crippen LogP contribution in [-0.4, -0.2) is 10.7 Å². The molecule has 0 spiro atoms. The highest BCUT2D eigenvalue weighted by molar-refractivity contribution is 5.58. The Morgan fingerprint density at radius 3 is 2.23 bits per heavy atom. The molecule has 0 saturated heterocycles. The number of allylic oxidation sites excluding steroid dienone is 2. The number of rotatable bonds is 11. The Balaban J connectivity index is 1.76. The third-order valence-corrected chi connectivity index (χ3v) is 7.60. The predicted molar refractivity (Wildman–Crippen MR) is 134 cm³/mol. The van der Waals surface area contributed by atoms with Crippen LogP contribution in [0.25, 0.3) is 0 Å². The largest absolute Gasteiger partial charge is 0.507 e. The molecule has 0 aliphatic carbocycles. The van der Waals surface area contributed by atoms with Gasteiger partial charge in [-0.05, 0) is 109 Å². The summed E-state index contributed by atoms with van der Waals surface area (Å²) in [7, 11) is 0. The topological polar surface area (TPSA) is 29.5 Å². The van der Waals surface area contributed by atoms with Gasteiger partial charge < -0.3 is 9.84 Å². The van der Waals surface area contributed by atoms with E-state index in [0.717, 1.165) is 53.5 Å². The minimum absolute atomic E-state index is 0.0766. The number of ether oxygens (including phenoxy) is 1. The summed E-state index contributed by atoms with van der Waals surface area (Å²) in [6.07, 6.45) is 14.7. The van der Waals surface area contributed by atoms with Crippen LogP contribution in [-0.2, 0) is 6.42 Å². The molecule has 0 bridgehead atoms. The van der Waals surface area contributed by atoms with Gasteiger partial charge in [-0.3, -0.25) is 0 Å². The number of aromatic hydroxyl groups is 1. The maximum atomic E-state index is 10.4. The Morgan fingerprint density at radius 2 is 1.58 bits per heavy atom. The first-order valence-corrected chi connectivity index (χ1v) is 12.7. The van der Waals surface area contributed by atoms with E-state index in [9.17, 15) is 5.11 Å². The molecule has 2 heteroatoms. The maximum absolute atomic E-state index is 10.4. The Kier molecular flexibility index (Phi) is 9.52. The van der Waals surface area contributed by atoms with E-state index in [1.165, 1.54) is 56.1 Å². The van der Waals surface area contributed by atoms with Crippen LogP contribution in [0, 0.1) is 32.6 Å². The van der Waals surface area contributed by atoms with Gasteiger partial charge in [0.25, 0.3) is 0 Å². The zero-order valence-electron chi connectivity index (χ0n) is 21.7. The van der Waals surface area contributed by atoms with Crippen LogP contribution in [0.5, 0.6) is 11.5 Å². The standard InChI is InChI=1S/C29H48O2/c1-20(2)12-9-13-21(3)14-10-15-22(4)16-11-18-29(8)19-17-26-25(7)27(30)23(5)24(6)28(26)31-29/h12,21-22,30H,9-11,13-19H2,1-8H3/t21-,22+,29+/m0/s1. The lowest BCUT2D eigenvalue weighted by molar-refractivity contribution is 0.0512. The average Bonchev–Trinajstić information content (AvgIpc) is 2.70. The molecule has 31 heavy (non-hydrogen) atoms. The van der Waals surface area contributed by atoms with Gasteiger partial charge in [-0.15, -0.1) is 0 Å². The second-order valence-electron chi connectivity index (χ2n) is 11.0. The van der Waals surface area contributed by atoms with Crippen molar-refractivity contribution in [3.8, 4) is 11.5 Å². The van der Waals surface area contributed by atoms with Crippen LogP contribution in [0.3, 0.4) is 0 Å². The van der Waals surface area contributed by atoms with Gasteiger partial charge in [-0.2, -0.15) is 0 Å². The van der Waals surface area contributed by atoms with E-state index in [2.05, 4.69) is 47.6 Å². The zero-order valence-corrected chi connectivity index (χ0v) is 21.7. The van der Waals surface area contributed by atoms with E-state index in [1.54, 1.807) is 0 Å². The van der Waals surface area contributed by atoms with Crippen LogP contribution in [0.4, 0.5) is 0 Å². The van der Waals surface area contributed by atoms with Crippen LogP contribution in [0.2, 0.25) is 0 Å². The minimum atomic E-state index is -0.0766. The van der Waals surface area contributed by atoms with Gasteiger partial charge >= 0.3 is 0 Å². The van der Waals surface area contributed by atoms with Gasteiger partial charge in [0.15, 0.2) is 0 Å². The predicted octanol–water partition coefficient (Wildman–Crippen LogP) is 8.76. The SMILES string of the molecule is CC(C)=CCC[C@H](C)CCC[C@@H](C)CCC[C@]1(C)CCc2c(C)c(O)c(C)c(C)c2O1. The van der Waals surface area contributed by atoms with E-state index in [1.807, 2.05) is 13.8 Å². The summed E-state index contributed by atoms with van der Waals surface area (Å²) in [4.78, 5) is 0. The number of benzene rings is 1. The highest BCUT2D eigenvalue weighted by Crippen LogP contribution is 2.44. The Labute approximate surface area is 192 Å². The Morgan fingerprint density at radius 1 is 0.968 bits per heavy atom. The van der Waals surface area contributed by atoms with Crippen molar-refractivity contribution >= 4 is 0 Å². The molecule has 0 saturated carbocycles. The molecular formula is C29H48O2. The molecule has 3 atom stereocenters. The van der Waals surface area contributed by atoms with Crippen molar-refractivity contribution in [1.82, 2.24) is 0 Å². The highest BCUT2D eigenvalue weighted by atomic mass is 16.5. The van der Waals surface area contributed by atoms with Crippen LogP contribution in [0.1, 0.15) is 115 Å². The van der Waals surface area contributed by atoms with Crippen molar-refractivity contribution in [1.29, 1.82) is 0 Å². The smallest absolute Gasteiger partial charge is 0.127 e. The van der Waals surface area contributed by atoms with Gasteiger partial charge in [0.1, 0.15) is 17.1 Å². The van der Waals surface area contributed by atoms with Crippen molar-refractivity contribution in [2.75, 3.05) is 0 Å². The average molecular weight is 429 g/mol. The summed E-state index contributed by atoms with van der Waals surface area (Å²) in [5.74, 6) is 3.12. The fraction of sp³-hybridized carbons (Fsp3) is 0.724. The molecule has 1 aromatic carbocycles. The van der Waals surface area contributed by atoms with Gasteiger partial charge in [0.05, 0.1) is 0 Å². The Hall–Kier alpha value is -1.44. The van der Waals surface area contributed by atoms with E-state index < -0.39 is 0 Å². The first-order chi connectivity index (χ1) is 14.5. The van der Waals surface area contributed by atoms with E-state index in [-0.39, 0.29) is 5.60 Å². The van der Waals surface area contributed by atoms with Crippen molar-refractivity contribution in [2.24, 2.45) is 11.8 Å². The lowest BCUT2D eigenvalue weighted by Crippen LogP contribution is -2.37. The molecule has 1 aromatic rings. The maximum Gasteiger partial charge on any atom is 0.127 e. The van der Waals surface area contributed by atoms with Crippen LogP contribution >= 0.6 is 0 Å². The summed E-state index contributed by atoms with van der Waals surface area (Å²) < 4.78 is 6.60. The fourth-order valence-corrected chi connectivity index (χ4v) is 5.06. The molecule has 1 N–H and O–H groups in total. The fourth-order valence-electron chi connectivity index (χ4n) is 5.06. The second kappa shape index (κ2) is 11.4. The molecular weight excluding hydrogens is 380 g/mol. The van der Waals surface area contributed by atoms with Crippen molar-refractivity contribution in [2.45, 2.75) is 125 Å². The lowest BCUT2D eigenvalue weighted by Gasteiger charge is -2.38. The molecule has 176 valence electrons. The van der Waals surface area contributed by atoms with Gasteiger partial charge in [-0.25, -0.2) is 0 Å². The summed E-state index contributed by atoms with van der Waals surface area (Å²) in [5.41, 5.74) is 5.65. The van der Waals surface area contributed by atoms with Crippen molar-refractivity contribution in [3.63, 3.8) is 0 Å². The monoisotopic (exact) mass is 428 g/mol. The number of phenols is 1. The van der Waals surface area contributed by atoms with E-state index in [4.69, 9.17) is 4.74 Å². The molecule has 1 heterocycles. The number of hydrogen-bond acceptors (Lipinski definition) is 2. The quantitative estimate of drug-likeness (QED) is 0.357. The zero-order chi connectivity index (χ0) is 23.2. The summed E-state index contributed by atoms with van der Waals surface area (Å²) >= 11 is 0. The molecule has 2 rings (SSSR count). The second-order valence-corrected chi connectivity index (χ2v) is 11.0. The van der Waals surface area contributed by atoms with E-state index in [0.29, 0.717) is 5.75 Å². The molecule has 1 aliphatic heterocycles.